The standard InChI is InChI=1S/C16H21FN2O2/c1-16(2,15(20)18-7-4-8-21-3)13-10-19-14-9-11(17)5-6-12(13)14/h5-6,9-10,19H,4,7-8H2,1-3H3,(H,18,20). The summed E-state index contributed by atoms with van der Waals surface area (Å²) in [7, 11) is 1.64. The summed E-state index contributed by atoms with van der Waals surface area (Å²) in [6.07, 6.45) is 2.55. The maximum absolute atomic E-state index is 13.2. The molecule has 21 heavy (non-hydrogen) atoms. The fraction of sp³-hybridized carbons (Fsp3) is 0.438. The summed E-state index contributed by atoms with van der Waals surface area (Å²) in [6.45, 7) is 4.93. The van der Waals surface area contributed by atoms with Gasteiger partial charge in [-0.3, -0.25) is 4.79 Å². The molecule has 1 aromatic heterocycles. The monoisotopic (exact) mass is 292 g/mol. The van der Waals surface area contributed by atoms with Crippen molar-refractivity contribution in [3.8, 4) is 0 Å². The number of rotatable bonds is 6. The Labute approximate surface area is 123 Å². The van der Waals surface area contributed by atoms with E-state index < -0.39 is 5.41 Å². The van der Waals surface area contributed by atoms with Crippen LogP contribution in [-0.4, -0.2) is 31.2 Å². The molecule has 0 bridgehead atoms. The summed E-state index contributed by atoms with van der Waals surface area (Å²) >= 11 is 0. The van der Waals surface area contributed by atoms with Crippen LogP contribution in [0.15, 0.2) is 24.4 Å². The van der Waals surface area contributed by atoms with Gasteiger partial charge >= 0.3 is 0 Å². The number of ether oxygens (including phenoxy) is 1. The number of aromatic amines is 1. The van der Waals surface area contributed by atoms with E-state index in [2.05, 4.69) is 10.3 Å². The zero-order chi connectivity index (χ0) is 15.5. The minimum atomic E-state index is -0.691. The molecule has 4 nitrogen and oxygen atoms in total. The molecule has 0 saturated heterocycles. The van der Waals surface area contributed by atoms with Crippen molar-refractivity contribution in [3.05, 3.63) is 35.8 Å². The predicted molar refractivity (Wildman–Crippen MR) is 80.8 cm³/mol. The van der Waals surface area contributed by atoms with Crippen LogP contribution in [0.5, 0.6) is 0 Å². The highest BCUT2D eigenvalue weighted by Crippen LogP contribution is 2.31. The average molecular weight is 292 g/mol. The Balaban J connectivity index is 2.18. The van der Waals surface area contributed by atoms with E-state index in [-0.39, 0.29) is 11.7 Å². The first kappa shape index (κ1) is 15.5. The van der Waals surface area contributed by atoms with Crippen molar-refractivity contribution in [2.75, 3.05) is 20.3 Å². The number of aromatic nitrogens is 1. The molecular formula is C16H21FN2O2. The lowest BCUT2D eigenvalue weighted by Gasteiger charge is -2.23. The molecule has 0 radical (unpaired) electrons. The molecule has 0 saturated carbocycles. The van der Waals surface area contributed by atoms with E-state index in [1.165, 1.54) is 12.1 Å². The zero-order valence-electron chi connectivity index (χ0n) is 12.6. The zero-order valence-corrected chi connectivity index (χ0v) is 12.6. The normalized spacial score (nSPS) is 11.8. The Morgan fingerprint density at radius 3 is 2.90 bits per heavy atom. The van der Waals surface area contributed by atoms with Crippen molar-refractivity contribution < 1.29 is 13.9 Å². The van der Waals surface area contributed by atoms with Crippen molar-refractivity contribution in [2.45, 2.75) is 25.7 Å². The van der Waals surface area contributed by atoms with E-state index in [4.69, 9.17) is 4.74 Å². The van der Waals surface area contributed by atoms with E-state index in [0.29, 0.717) is 18.7 Å². The molecule has 0 aliphatic heterocycles. The van der Waals surface area contributed by atoms with E-state index >= 15 is 0 Å². The predicted octanol–water partition coefficient (Wildman–Crippen LogP) is 2.74. The molecule has 0 unspecified atom stereocenters. The van der Waals surface area contributed by atoms with Gasteiger partial charge in [0.2, 0.25) is 5.91 Å². The van der Waals surface area contributed by atoms with Crippen LogP contribution in [0, 0.1) is 5.82 Å². The Morgan fingerprint density at radius 2 is 2.19 bits per heavy atom. The molecule has 5 heteroatoms. The first-order valence-electron chi connectivity index (χ1n) is 7.01. The van der Waals surface area contributed by atoms with Gasteiger partial charge in [0.25, 0.3) is 0 Å². The summed E-state index contributed by atoms with van der Waals surface area (Å²) in [6, 6.07) is 4.55. The molecule has 0 aliphatic carbocycles. The number of benzene rings is 1. The smallest absolute Gasteiger partial charge is 0.230 e. The van der Waals surface area contributed by atoms with Crippen molar-refractivity contribution in [2.24, 2.45) is 0 Å². The van der Waals surface area contributed by atoms with Crippen LogP contribution >= 0.6 is 0 Å². The third kappa shape index (κ3) is 3.24. The van der Waals surface area contributed by atoms with Crippen molar-refractivity contribution >= 4 is 16.8 Å². The fourth-order valence-electron chi connectivity index (χ4n) is 2.38. The molecular weight excluding hydrogens is 271 g/mol. The fourth-order valence-corrected chi connectivity index (χ4v) is 2.38. The topological polar surface area (TPSA) is 54.1 Å². The molecule has 2 N–H and O–H groups in total. The molecule has 0 spiro atoms. The number of amides is 1. The third-order valence-corrected chi connectivity index (χ3v) is 3.70. The van der Waals surface area contributed by atoms with Crippen LogP contribution in [0.1, 0.15) is 25.8 Å². The number of hydrogen-bond donors (Lipinski definition) is 2. The average Bonchev–Trinajstić information content (AvgIpc) is 2.86. The quantitative estimate of drug-likeness (QED) is 0.804. The number of H-pyrrole nitrogens is 1. The molecule has 1 aromatic carbocycles. The molecule has 0 aliphatic rings. The number of methoxy groups -OCH3 is 1. The molecule has 1 amide bonds. The van der Waals surface area contributed by atoms with Gasteiger partial charge < -0.3 is 15.0 Å². The number of hydrogen-bond acceptors (Lipinski definition) is 2. The lowest BCUT2D eigenvalue weighted by molar-refractivity contribution is -0.125. The summed E-state index contributed by atoms with van der Waals surface area (Å²) < 4.78 is 18.2. The Morgan fingerprint density at radius 1 is 1.43 bits per heavy atom. The van der Waals surface area contributed by atoms with Crippen LogP contribution in [0.25, 0.3) is 10.9 Å². The van der Waals surface area contributed by atoms with Crippen molar-refractivity contribution in [3.63, 3.8) is 0 Å². The highest BCUT2D eigenvalue weighted by molar-refractivity contribution is 5.94. The molecule has 2 aromatic rings. The van der Waals surface area contributed by atoms with Crippen LogP contribution in [0.3, 0.4) is 0 Å². The van der Waals surface area contributed by atoms with Gasteiger partial charge in [0, 0.05) is 37.4 Å². The molecule has 0 atom stereocenters. The minimum Gasteiger partial charge on any atom is -0.385 e. The summed E-state index contributed by atoms with van der Waals surface area (Å²) in [5.41, 5.74) is 0.871. The van der Waals surface area contributed by atoms with Gasteiger partial charge in [0.15, 0.2) is 0 Å². The van der Waals surface area contributed by atoms with Gasteiger partial charge in [-0.1, -0.05) is 0 Å². The lowest BCUT2D eigenvalue weighted by Crippen LogP contribution is -2.40. The van der Waals surface area contributed by atoms with Gasteiger partial charge in [0.1, 0.15) is 5.82 Å². The van der Waals surface area contributed by atoms with Gasteiger partial charge in [0.05, 0.1) is 5.41 Å². The minimum absolute atomic E-state index is 0.0520. The number of fused-ring (bicyclic) bond motifs is 1. The van der Waals surface area contributed by atoms with Crippen LogP contribution in [-0.2, 0) is 14.9 Å². The van der Waals surface area contributed by atoms with E-state index in [1.54, 1.807) is 19.4 Å². The van der Waals surface area contributed by atoms with Crippen LogP contribution in [0.4, 0.5) is 4.39 Å². The Hall–Kier alpha value is -1.88. The van der Waals surface area contributed by atoms with Gasteiger partial charge in [-0.2, -0.15) is 0 Å². The first-order chi connectivity index (χ1) is 9.96. The molecule has 114 valence electrons. The van der Waals surface area contributed by atoms with E-state index in [9.17, 15) is 9.18 Å². The highest BCUT2D eigenvalue weighted by atomic mass is 19.1. The second kappa shape index (κ2) is 6.26. The lowest BCUT2D eigenvalue weighted by atomic mass is 9.83. The largest absolute Gasteiger partial charge is 0.385 e. The maximum atomic E-state index is 13.2. The van der Waals surface area contributed by atoms with Gasteiger partial charge in [-0.05, 0) is 44.0 Å². The Kier molecular flexibility index (Phi) is 4.63. The summed E-state index contributed by atoms with van der Waals surface area (Å²) in [4.78, 5) is 15.4. The maximum Gasteiger partial charge on any atom is 0.230 e. The third-order valence-electron chi connectivity index (χ3n) is 3.70. The van der Waals surface area contributed by atoms with Crippen molar-refractivity contribution in [1.82, 2.24) is 10.3 Å². The number of carbonyl (C=O) groups excluding carboxylic acids is 1. The SMILES string of the molecule is COCCCNC(=O)C(C)(C)c1c[nH]c2cc(F)ccc12. The first-order valence-corrected chi connectivity index (χ1v) is 7.01. The van der Waals surface area contributed by atoms with Crippen molar-refractivity contribution in [1.29, 1.82) is 0 Å². The molecule has 2 rings (SSSR count). The number of nitrogens with one attached hydrogen (secondary N) is 2. The van der Waals surface area contributed by atoms with Gasteiger partial charge in [-0.15, -0.1) is 0 Å². The summed E-state index contributed by atoms with van der Waals surface area (Å²) in [5.74, 6) is -0.346. The van der Waals surface area contributed by atoms with E-state index in [1.807, 2.05) is 13.8 Å². The molecule has 1 heterocycles. The number of halogens is 1. The van der Waals surface area contributed by atoms with E-state index in [0.717, 1.165) is 17.4 Å². The number of carbonyl (C=O) groups is 1. The Bertz CT molecular complexity index is 634. The second-order valence-corrected chi connectivity index (χ2v) is 5.62. The van der Waals surface area contributed by atoms with Crippen LogP contribution < -0.4 is 5.32 Å². The highest BCUT2D eigenvalue weighted by Gasteiger charge is 2.31. The van der Waals surface area contributed by atoms with Gasteiger partial charge in [-0.25, -0.2) is 4.39 Å². The molecule has 0 fully saturated rings. The second-order valence-electron chi connectivity index (χ2n) is 5.62. The summed E-state index contributed by atoms with van der Waals surface area (Å²) in [5, 5.41) is 3.78. The van der Waals surface area contributed by atoms with Crippen LogP contribution in [0.2, 0.25) is 0 Å².